The molecule has 1 N–H and O–H groups in total. The van der Waals surface area contributed by atoms with Gasteiger partial charge < -0.3 is 29.2 Å². The number of hydrogen-bond acceptors (Lipinski definition) is 6. The Balaban J connectivity index is 1.66. The Hall–Kier alpha value is -2.55. The zero-order valence-corrected chi connectivity index (χ0v) is 22.0. The van der Waals surface area contributed by atoms with Crippen molar-refractivity contribution in [1.29, 1.82) is 0 Å². The molecule has 0 saturated carbocycles. The lowest BCUT2D eigenvalue weighted by molar-refractivity contribution is 0.0266. The monoisotopic (exact) mass is 499 g/mol. The van der Waals surface area contributed by atoms with Gasteiger partial charge in [-0.25, -0.2) is 0 Å². The lowest BCUT2D eigenvalue weighted by Crippen LogP contribution is -2.48. The van der Waals surface area contributed by atoms with Crippen LogP contribution in [0.3, 0.4) is 0 Å². The fraction of sp³-hybridized carbons (Fsp3) is 0.519. The molecule has 0 spiro atoms. The molecule has 0 aromatic heterocycles. The molecule has 4 rings (SSSR count). The van der Waals surface area contributed by atoms with E-state index >= 15 is 0 Å². The number of benzene rings is 2. The highest BCUT2D eigenvalue weighted by atomic mass is 32.1. The number of hydrogen-bond donors (Lipinski definition) is 1. The molecule has 2 aliphatic heterocycles. The van der Waals surface area contributed by atoms with Gasteiger partial charge in [0, 0.05) is 38.2 Å². The molecule has 8 heteroatoms. The number of fused-ring (bicyclic) bond motifs is 1. The Morgan fingerprint density at radius 1 is 1.20 bits per heavy atom. The molecule has 0 bridgehead atoms. The first-order chi connectivity index (χ1) is 16.9. The average Bonchev–Trinajstić information content (AvgIpc) is 2.85. The van der Waals surface area contributed by atoms with E-state index in [1.165, 1.54) is 0 Å². The summed E-state index contributed by atoms with van der Waals surface area (Å²) < 4.78 is 23.3. The number of anilines is 1. The number of para-hydroxylation sites is 2. The van der Waals surface area contributed by atoms with E-state index in [1.807, 2.05) is 43.3 Å². The summed E-state index contributed by atoms with van der Waals surface area (Å²) in [6, 6.07) is 14.0. The second kappa shape index (κ2) is 11.5. The van der Waals surface area contributed by atoms with Gasteiger partial charge in [-0.1, -0.05) is 12.1 Å². The van der Waals surface area contributed by atoms with Gasteiger partial charge in [0.1, 0.15) is 22.8 Å². The van der Waals surface area contributed by atoms with Gasteiger partial charge in [-0.3, -0.25) is 4.90 Å². The third-order valence-electron chi connectivity index (χ3n) is 6.47. The lowest BCUT2D eigenvalue weighted by atomic mass is 9.88. The van der Waals surface area contributed by atoms with Crippen molar-refractivity contribution in [2.75, 3.05) is 58.4 Å². The predicted octanol–water partition coefficient (Wildman–Crippen LogP) is 4.73. The summed E-state index contributed by atoms with van der Waals surface area (Å²) in [5.74, 6) is 2.48. The first-order valence-corrected chi connectivity index (χ1v) is 12.8. The fourth-order valence-electron chi connectivity index (χ4n) is 4.74. The van der Waals surface area contributed by atoms with Crippen LogP contribution in [-0.4, -0.2) is 73.6 Å². The van der Waals surface area contributed by atoms with Crippen LogP contribution in [0.15, 0.2) is 42.5 Å². The van der Waals surface area contributed by atoms with Gasteiger partial charge in [-0.2, -0.15) is 0 Å². The quantitative estimate of drug-likeness (QED) is 0.524. The van der Waals surface area contributed by atoms with Crippen LogP contribution >= 0.6 is 12.2 Å². The molecule has 35 heavy (non-hydrogen) atoms. The number of morpholine rings is 1. The topological polar surface area (TPSA) is 55.4 Å². The molecule has 0 aliphatic carbocycles. The highest BCUT2D eigenvalue weighted by Gasteiger charge is 2.38. The number of methoxy groups -OCH3 is 1. The van der Waals surface area contributed by atoms with Crippen molar-refractivity contribution < 1.29 is 18.9 Å². The highest BCUT2D eigenvalue weighted by Crippen LogP contribution is 2.44. The third kappa shape index (κ3) is 6.37. The van der Waals surface area contributed by atoms with Crippen molar-refractivity contribution in [3.8, 4) is 17.2 Å². The molecule has 2 heterocycles. The van der Waals surface area contributed by atoms with Gasteiger partial charge in [0.25, 0.3) is 0 Å². The molecular weight excluding hydrogens is 462 g/mol. The largest absolute Gasteiger partial charge is 0.495 e. The summed E-state index contributed by atoms with van der Waals surface area (Å²) in [6.45, 7) is 12.0. The molecule has 1 atom stereocenters. The van der Waals surface area contributed by atoms with E-state index < -0.39 is 0 Å². The van der Waals surface area contributed by atoms with E-state index in [0.717, 1.165) is 74.3 Å². The van der Waals surface area contributed by atoms with Crippen molar-refractivity contribution in [3.05, 3.63) is 48.0 Å². The van der Waals surface area contributed by atoms with Gasteiger partial charge in [0.2, 0.25) is 0 Å². The van der Waals surface area contributed by atoms with E-state index in [0.29, 0.717) is 11.7 Å². The Bertz CT molecular complexity index is 1010. The van der Waals surface area contributed by atoms with Crippen LogP contribution in [0, 0.1) is 0 Å². The van der Waals surface area contributed by atoms with Crippen LogP contribution < -0.4 is 19.5 Å². The summed E-state index contributed by atoms with van der Waals surface area (Å²) in [5.41, 5.74) is 1.62. The molecule has 2 aromatic carbocycles. The summed E-state index contributed by atoms with van der Waals surface area (Å²) in [4.78, 5) is 4.74. The number of ether oxygens (including phenoxy) is 4. The molecule has 1 fully saturated rings. The van der Waals surface area contributed by atoms with E-state index in [9.17, 15) is 0 Å². The zero-order chi connectivity index (χ0) is 24.8. The summed E-state index contributed by atoms with van der Waals surface area (Å²) in [5, 5.41) is 4.13. The molecule has 0 amide bonds. The third-order valence-corrected chi connectivity index (χ3v) is 6.81. The van der Waals surface area contributed by atoms with Crippen LogP contribution in [0.5, 0.6) is 17.2 Å². The van der Waals surface area contributed by atoms with Crippen LogP contribution in [0.25, 0.3) is 0 Å². The maximum atomic E-state index is 6.37. The first-order valence-electron chi connectivity index (χ1n) is 12.4. The minimum absolute atomic E-state index is 0.0323. The second-order valence-electron chi connectivity index (χ2n) is 9.49. The van der Waals surface area contributed by atoms with E-state index in [1.54, 1.807) is 7.11 Å². The molecule has 2 aliphatic rings. The molecule has 7 nitrogen and oxygen atoms in total. The second-order valence-corrected chi connectivity index (χ2v) is 9.88. The Morgan fingerprint density at radius 2 is 1.97 bits per heavy atom. The van der Waals surface area contributed by atoms with Gasteiger partial charge >= 0.3 is 0 Å². The molecule has 2 aromatic rings. The van der Waals surface area contributed by atoms with Gasteiger partial charge in [-0.15, -0.1) is 0 Å². The number of rotatable bonds is 8. The van der Waals surface area contributed by atoms with Crippen molar-refractivity contribution in [1.82, 2.24) is 9.80 Å². The van der Waals surface area contributed by atoms with Crippen LogP contribution in [-0.2, 0) is 4.74 Å². The minimum atomic E-state index is -0.331. The summed E-state index contributed by atoms with van der Waals surface area (Å²) in [7, 11) is 1.67. The Kier molecular flexibility index (Phi) is 8.36. The van der Waals surface area contributed by atoms with Crippen molar-refractivity contribution >= 4 is 23.0 Å². The number of thiocarbonyl (C=S) groups is 1. The molecule has 1 saturated heterocycles. The fourth-order valence-corrected chi connectivity index (χ4v) is 5.07. The lowest BCUT2D eigenvalue weighted by Gasteiger charge is -2.44. The highest BCUT2D eigenvalue weighted by molar-refractivity contribution is 7.80. The van der Waals surface area contributed by atoms with E-state index in [4.69, 9.17) is 31.2 Å². The molecule has 190 valence electrons. The smallest absolute Gasteiger partial charge is 0.174 e. The van der Waals surface area contributed by atoms with Crippen LogP contribution in [0.1, 0.15) is 38.8 Å². The Labute approximate surface area is 214 Å². The molecule has 0 radical (unpaired) electrons. The van der Waals surface area contributed by atoms with Crippen molar-refractivity contribution in [2.24, 2.45) is 0 Å². The number of nitrogens with one attached hydrogen (secondary N) is 1. The minimum Gasteiger partial charge on any atom is -0.495 e. The molecular formula is C27H37N3O4S. The van der Waals surface area contributed by atoms with E-state index in [2.05, 4.69) is 35.0 Å². The normalized spacial score (nSPS) is 19.3. The van der Waals surface area contributed by atoms with E-state index in [-0.39, 0.29) is 11.6 Å². The SMILES string of the molecule is CCOc1ccc2c(c1)[C@@H](N(CCN1CCOCC1)C(=S)Nc1ccccc1OC)CC(C)(C)O2. The summed E-state index contributed by atoms with van der Waals surface area (Å²) >= 11 is 6.04. The van der Waals surface area contributed by atoms with Gasteiger partial charge in [0.15, 0.2) is 5.11 Å². The maximum Gasteiger partial charge on any atom is 0.174 e. The van der Waals surface area contributed by atoms with Crippen LogP contribution in [0.4, 0.5) is 5.69 Å². The standard InChI is InChI=1S/C27H37N3O4S/c1-5-33-20-10-11-24-21(18-20)23(19-27(2,3)34-24)30(13-12-29-14-16-32-17-15-29)26(35)28-22-8-6-7-9-25(22)31-4/h6-11,18,23H,5,12-17,19H2,1-4H3,(H,28,35)/t23-/m0/s1. The molecule has 0 unspecified atom stereocenters. The Morgan fingerprint density at radius 3 is 2.71 bits per heavy atom. The van der Waals surface area contributed by atoms with Gasteiger partial charge in [0.05, 0.1) is 38.7 Å². The number of nitrogens with zero attached hydrogens (tertiary/aromatic N) is 2. The predicted molar refractivity (Wildman–Crippen MR) is 143 cm³/mol. The van der Waals surface area contributed by atoms with Gasteiger partial charge in [-0.05, 0) is 63.3 Å². The van der Waals surface area contributed by atoms with Crippen LogP contribution in [0.2, 0.25) is 0 Å². The van der Waals surface area contributed by atoms with Crippen molar-refractivity contribution in [2.45, 2.75) is 38.8 Å². The summed E-state index contributed by atoms with van der Waals surface area (Å²) in [6.07, 6.45) is 0.798. The first kappa shape index (κ1) is 25.5. The average molecular weight is 500 g/mol. The van der Waals surface area contributed by atoms with Crippen molar-refractivity contribution in [3.63, 3.8) is 0 Å². The zero-order valence-electron chi connectivity index (χ0n) is 21.2. The maximum absolute atomic E-state index is 6.37.